The van der Waals surface area contributed by atoms with E-state index in [1.165, 1.54) is 47.6 Å². The number of fused-ring (bicyclic) bond motifs is 1. The summed E-state index contributed by atoms with van der Waals surface area (Å²) in [6, 6.07) is 13.8. The predicted octanol–water partition coefficient (Wildman–Crippen LogP) is 2.98. The fourth-order valence-electron chi connectivity index (χ4n) is 3.29. The normalized spacial score (nSPS) is 10.8. The molecule has 4 aromatic rings. The summed E-state index contributed by atoms with van der Waals surface area (Å²) in [5, 5.41) is 2.75. The molecule has 31 heavy (non-hydrogen) atoms. The van der Waals surface area contributed by atoms with Gasteiger partial charge in [-0.1, -0.05) is 0 Å². The lowest BCUT2D eigenvalue weighted by molar-refractivity contribution is -0.116. The Kier molecular flexibility index (Phi) is 5.40. The van der Waals surface area contributed by atoms with Crippen molar-refractivity contribution in [1.29, 1.82) is 0 Å². The van der Waals surface area contributed by atoms with Crippen LogP contribution in [-0.4, -0.2) is 34.2 Å². The molecule has 2 aromatic carbocycles. The average molecular weight is 422 g/mol. The van der Waals surface area contributed by atoms with Gasteiger partial charge in [0.15, 0.2) is 5.65 Å². The maximum absolute atomic E-state index is 13.3. The highest BCUT2D eigenvalue weighted by Crippen LogP contribution is 2.26. The molecule has 4 rings (SSSR count). The Morgan fingerprint density at radius 3 is 2.39 bits per heavy atom. The minimum Gasteiger partial charge on any atom is -0.497 e. The summed E-state index contributed by atoms with van der Waals surface area (Å²) < 4.78 is 26.4. The monoisotopic (exact) mass is 422 g/mol. The summed E-state index contributed by atoms with van der Waals surface area (Å²) in [6.07, 6.45) is 1.55. The number of hydrogen-bond donors (Lipinski definition) is 1. The largest absolute Gasteiger partial charge is 0.497 e. The second-order valence-corrected chi connectivity index (χ2v) is 6.68. The van der Waals surface area contributed by atoms with Gasteiger partial charge in [0, 0.05) is 30.1 Å². The second kappa shape index (κ2) is 8.31. The van der Waals surface area contributed by atoms with Crippen LogP contribution in [0.25, 0.3) is 16.9 Å². The van der Waals surface area contributed by atoms with Crippen LogP contribution in [0, 0.1) is 5.82 Å². The zero-order valence-corrected chi connectivity index (χ0v) is 16.8. The molecule has 0 saturated carbocycles. The molecule has 0 fully saturated rings. The first-order valence-electron chi connectivity index (χ1n) is 9.35. The highest BCUT2D eigenvalue weighted by Gasteiger charge is 2.18. The van der Waals surface area contributed by atoms with E-state index >= 15 is 0 Å². The molecule has 0 bridgehead atoms. The van der Waals surface area contributed by atoms with Crippen LogP contribution < -0.4 is 20.5 Å². The van der Waals surface area contributed by atoms with Gasteiger partial charge < -0.3 is 14.8 Å². The first kappa shape index (κ1) is 20.1. The third-order valence-corrected chi connectivity index (χ3v) is 4.71. The molecule has 0 saturated heterocycles. The van der Waals surface area contributed by atoms with Gasteiger partial charge >= 0.3 is 5.69 Å². The number of nitrogens with one attached hydrogen (secondary N) is 1. The van der Waals surface area contributed by atoms with E-state index in [4.69, 9.17) is 9.47 Å². The third kappa shape index (κ3) is 3.97. The third-order valence-electron chi connectivity index (χ3n) is 4.71. The fourth-order valence-corrected chi connectivity index (χ4v) is 3.29. The molecule has 0 aliphatic carbocycles. The molecule has 0 aliphatic heterocycles. The van der Waals surface area contributed by atoms with Gasteiger partial charge in [-0.05, 0) is 36.4 Å². The van der Waals surface area contributed by atoms with E-state index in [9.17, 15) is 14.0 Å². The number of benzene rings is 2. The Hall–Kier alpha value is -4.14. The molecule has 0 unspecified atom stereocenters. The van der Waals surface area contributed by atoms with Crippen LogP contribution in [0.3, 0.4) is 0 Å². The van der Waals surface area contributed by atoms with Gasteiger partial charge in [-0.25, -0.2) is 18.7 Å². The average Bonchev–Trinajstić information content (AvgIpc) is 3.05. The maximum Gasteiger partial charge on any atom is 0.335 e. The number of halogens is 1. The lowest BCUT2D eigenvalue weighted by Crippen LogP contribution is -2.29. The molecule has 2 heterocycles. The molecular weight excluding hydrogens is 403 g/mol. The standard InChI is InChI=1S/C22H19FN4O4/c1-30-17-10-15(11-18(12-17)31-2)25-20(28)13-26-19-4-3-9-24-21(19)27(22(26)29)16-7-5-14(23)6-8-16/h3-12H,13H2,1-2H3,(H,25,28). The number of anilines is 1. The van der Waals surface area contributed by atoms with Gasteiger partial charge in [0.2, 0.25) is 5.91 Å². The molecule has 2 aromatic heterocycles. The van der Waals surface area contributed by atoms with Crippen molar-refractivity contribution in [2.75, 3.05) is 19.5 Å². The zero-order chi connectivity index (χ0) is 22.0. The quantitative estimate of drug-likeness (QED) is 0.516. The number of methoxy groups -OCH3 is 2. The van der Waals surface area contributed by atoms with Crippen molar-refractivity contribution in [3.05, 3.63) is 77.1 Å². The predicted molar refractivity (Wildman–Crippen MR) is 113 cm³/mol. The number of hydrogen-bond acceptors (Lipinski definition) is 5. The van der Waals surface area contributed by atoms with Crippen LogP contribution in [0.2, 0.25) is 0 Å². The Labute approximate surface area is 176 Å². The summed E-state index contributed by atoms with van der Waals surface area (Å²) in [7, 11) is 3.02. The number of aromatic nitrogens is 3. The molecule has 1 amide bonds. The van der Waals surface area contributed by atoms with E-state index < -0.39 is 17.4 Å². The molecule has 8 nitrogen and oxygen atoms in total. The number of rotatable bonds is 6. The van der Waals surface area contributed by atoms with Gasteiger partial charge in [-0.2, -0.15) is 0 Å². The number of imidazole rings is 1. The summed E-state index contributed by atoms with van der Waals surface area (Å²) in [5.74, 6) is 0.203. The Balaban J connectivity index is 1.69. The van der Waals surface area contributed by atoms with E-state index in [0.29, 0.717) is 34.0 Å². The van der Waals surface area contributed by atoms with E-state index in [1.54, 1.807) is 36.5 Å². The van der Waals surface area contributed by atoms with Crippen LogP contribution in [0.1, 0.15) is 0 Å². The summed E-state index contributed by atoms with van der Waals surface area (Å²) in [5.41, 5.74) is 1.31. The molecule has 0 spiro atoms. The van der Waals surface area contributed by atoms with Crippen LogP contribution in [0.5, 0.6) is 11.5 Å². The maximum atomic E-state index is 13.3. The van der Waals surface area contributed by atoms with Gasteiger partial charge in [0.25, 0.3) is 0 Å². The molecule has 1 N–H and O–H groups in total. The number of carbonyl (C=O) groups is 1. The van der Waals surface area contributed by atoms with E-state index in [2.05, 4.69) is 10.3 Å². The van der Waals surface area contributed by atoms with Gasteiger partial charge in [0.1, 0.15) is 23.9 Å². The Morgan fingerprint density at radius 1 is 1.06 bits per heavy atom. The van der Waals surface area contributed by atoms with Crippen LogP contribution in [0.15, 0.2) is 65.6 Å². The Bertz CT molecular complexity index is 1290. The van der Waals surface area contributed by atoms with E-state index in [1.807, 2.05) is 0 Å². The lowest BCUT2D eigenvalue weighted by Gasteiger charge is -2.10. The fraction of sp³-hybridized carbons (Fsp3) is 0.136. The highest BCUT2D eigenvalue weighted by atomic mass is 19.1. The number of nitrogens with zero attached hydrogens (tertiary/aromatic N) is 3. The molecule has 0 atom stereocenters. The summed E-state index contributed by atoms with van der Waals surface area (Å²) >= 11 is 0. The molecule has 9 heteroatoms. The summed E-state index contributed by atoms with van der Waals surface area (Å²) in [4.78, 5) is 30.2. The first-order chi connectivity index (χ1) is 15.0. The van der Waals surface area contributed by atoms with Crippen molar-refractivity contribution in [2.24, 2.45) is 0 Å². The SMILES string of the molecule is COc1cc(NC(=O)Cn2c(=O)n(-c3ccc(F)cc3)c3ncccc32)cc(OC)c1. The first-order valence-corrected chi connectivity index (χ1v) is 9.35. The topological polar surface area (TPSA) is 87.4 Å². The van der Waals surface area contributed by atoms with Gasteiger partial charge in [0.05, 0.1) is 25.4 Å². The Morgan fingerprint density at radius 2 is 1.74 bits per heavy atom. The minimum atomic E-state index is -0.460. The van der Waals surface area contributed by atoms with Crippen molar-refractivity contribution in [3.63, 3.8) is 0 Å². The van der Waals surface area contributed by atoms with Crippen molar-refractivity contribution < 1.29 is 18.7 Å². The zero-order valence-electron chi connectivity index (χ0n) is 16.8. The molecule has 0 radical (unpaired) electrons. The van der Waals surface area contributed by atoms with Crippen LogP contribution in [0.4, 0.5) is 10.1 Å². The number of carbonyl (C=O) groups excluding carboxylic acids is 1. The summed E-state index contributed by atoms with van der Waals surface area (Å²) in [6.45, 7) is -0.241. The minimum absolute atomic E-state index is 0.241. The van der Waals surface area contributed by atoms with Crippen LogP contribution in [-0.2, 0) is 11.3 Å². The smallest absolute Gasteiger partial charge is 0.335 e. The molecular formula is C22H19FN4O4. The van der Waals surface area contributed by atoms with Crippen LogP contribution >= 0.6 is 0 Å². The molecule has 0 aliphatic rings. The number of pyridine rings is 1. The second-order valence-electron chi connectivity index (χ2n) is 6.68. The van der Waals surface area contributed by atoms with Gasteiger partial charge in [-0.15, -0.1) is 0 Å². The van der Waals surface area contributed by atoms with Crippen molar-refractivity contribution in [2.45, 2.75) is 6.54 Å². The van der Waals surface area contributed by atoms with E-state index in [0.717, 1.165) is 0 Å². The lowest BCUT2D eigenvalue weighted by atomic mass is 10.2. The van der Waals surface area contributed by atoms with E-state index in [-0.39, 0.29) is 6.54 Å². The van der Waals surface area contributed by atoms with Crippen molar-refractivity contribution in [3.8, 4) is 17.2 Å². The van der Waals surface area contributed by atoms with Crippen molar-refractivity contribution in [1.82, 2.24) is 14.1 Å². The van der Waals surface area contributed by atoms with Gasteiger partial charge in [-0.3, -0.25) is 9.36 Å². The number of ether oxygens (including phenoxy) is 2. The highest BCUT2D eigenvalue weighted by molar-refractivity contribution is 5.92. The number of amides is 1. The molecule has 158 valence electrons. The van der Waals surface area contributed by atoms with Crippen molar-refractivity contribution >= 4 is 22.8 Å².